The van der Waals surface area contributed by atoms with E-state index in [4.69, 9.17) is 11.6 Å². The van der Waals surface area contributed by atoms with E-state index in [0.29, 0.717) is 10.6 Å². The number of alkyl halides is 3. The Labute approximate surface area is 170 Å². The molecule has 1 atom stereocenters. The quantitative estimate of drug-likeness (QED) is 0.679. The van der Waals surface area contributed by atoms with E-state index in [9.17, 15) is 27.6 Å². The van der Waals surface area contributed by atoms with Crippen molar-refractivity contribution in [3.8, 4) is 0 Å². The number of hydrogen-bond acceptors (Lipinski definition) is 3. The molecular formula is C20H18ClF3N2O3. The molecule has 2 N–H and O–H groups in total. The van der Waals surface area contributed by atoms with Crippen molar-refractivity contribution in [2.45, 2.75) is 26.1 Å². The van der Waals surface area contributed by atoms with Gasteiger partial charge in [-0.2, -0.15) is 13.2 Å². The number of rotatable bonds is 6. The lowest BCUT2D eigenvalue weighted by Crippen LogP contribution is -2.51. The third kappa shape index (κ3) is 5.80. The highest BCUT2D eigenvalue weighted by Crippen LogP contribution is 2.22. The van der Waals surface area contributed by atoms with Crippen molar-refractivity contribution < 1.29 is 27.6 Å². The lowest BCUT2D eigenvalue weighted by atomic mass is 10.00. The van der Waals surface area contributed by atoms with Crippen molar-refractivity contribution in [1.29, 1.82) is 0 Å². The van der Waals surface area contributed by atoms with Crippen LogP contribution < -0.4 is 10.6 Å². The molecule has 2 aromatic carbocycles. The zero-order valence-electron chi connectivity index (χ0n) is 15.5. The molecule has 0 aromatic heterocycles. The number of carbonyl (C=O) groups is 3. The fourth-order valence-electron chi connectivity index (χ4n) is 2.52. The molecule has 1 unspecified atom stereocenters. The summed E-state index contributed by atoms with van der Waals surface area (Å²) >= 11 is 5.82. The Morgan fingerprint density at radius 1 is 0.966 bits per heavy atom. The highest BCUT2D eigenvalue weighted by molar-refractivity contribution is 6.30. The van der Waals surface area contributed by atoms with E-state index in [1.165, 1.54) is 50.2 Å². The molecule has 0 saturated carbocycles. The molecule has 0 heterocycles. The van der Waals surface area contributed by atoms with Crippen LogP contribution in [0.1, 0.15) is 29.8 Å². The van der Waals surface area contributed by atoms with Gasteiger partial charge in [0, 0.05) is 16.1 Å². The molecule has 2 amide bonds. The van der Waals surface area contributed by atoms with Crippen LogP contribution in [0.25, 0.3) is 0 Å². The van der Waals surface area contributed by atoms with Gasteiger partial charge in [-0.05, 0) is 42.3 Å². The topological polar surface area (TPSA) is 75.3 Å². The fraction of sp³-hybridized carbons (Fsp3) is 0.250. The van der Waals surface area contributed by atoms with Gasteiger partial charge in [0.2, 0.25) is 5.91 Å². The van der Waals surface area contributed by atoms with Crippen molar-refractivity contribution in [2.75, 3.05) is 5.32 Å². The van der Waals surface area contributed by atoms with Gasteiger partial charge in [-0.25, -0.2) is 0 Å². The minimum atomic E-state index is -5.12. The SMILES string of the molecule is CC(C)C(NC(=O)C(F)(F)F)C(=O)Nc1ccccc1C(=O)c1ccc(Cl)cc1. The Kier molecular flexibility index (Phi) is 7.02. The number of ketones is 1. The van der Waals surface area contributed by atoms with Crippen molar-refractivity contribution in [2.24, 2.45) is 5.92 Å². The number of carbonyl (C=O) groups excluding carboxylic acids is 3. The molecule has 2 rings (SSSR count). The molecule has 0 aliphatic carbocycles. The second-order valence-corrected chi connectivity index (χ2v) is 7.00. The van der Waals surface area contributed by atoms with Crippen molar-refractivity contribution in [3.05, 3.63) is 64.7 Å². The summed E-state index contributed by atoms with van der Waals surface area (Å²) in [4.78, 5) is 36.6. The minimum absolute atomic E-state index is 0.115. The lowest BCUT2D eigenvalue weighted by molar-refractivity contribution is -0.175. The van der Waals surface area contributed by atoms with Gasteiger partial charge in [0.05, 0.1) is 5.69 Å². The molecule has 29 heavy (non-hydrogen) atoms. The molecule has 0 aliphatic rings. The highest BCUT2D eigenvalue weighted by atomic mass is 35.5. The summed E-state index contributed by atoms with van der Waals surface area (Å²) in [6.45, 7) is 2.98. The highest BCUT2D eigenvalue weighted by Gasteiger charge is 2.41. The van der Waals surface area contributed by atoms with Gasteiger partial charge in [-0.1, -0.05) is 37.6 Å². The van der Waals surface area contributed by atoms with Crippen molar-refractivity contribution in [3.63, 3.8) is 0 Å². The summed E-state index contributed by atoms with van der Waals surface area (Å²) in [6.07, 6.45) is -5.12. The second-order valence-electron chi connectivity index (χ2n) is 6.56. The summed E-state index contributed by atoms with van der Waals surface area (Å²) in [7, 11) is 0. The molecule has 0 radical (unpaired) electrons. The molecule has 9 heteroatoms. The first-order valence-corrected chi connectivity index (χ1v) is 8.96. The van der Waals surface area contributed by atoms with Gasteiger partial charge in [-0.15, -0.1) is 0 Å². The van der Waals surface area contributed by atoms with Crippen LogP contribution in [0.5, 0.6) is 0 Å². The van der Waals surface area contributed by atoms with E-state index in [2.05, 4.69) is 5.32 Å². The third-order valence-corrected chi connectivity index (χ3v) is 4.28. The van der Waals surface area contributed by atoms with Gasteiger partial charge in [0.15, 0.2) is 5.78 Å². The Bertz CT molecular complexity index is 912. The normalized spacial score (nSPS) is 12.4. The molecule has 0 spiro atoms. The van der Waals surface area contributed by atoms with Crippen LogP contribution in [-0.2, 0) is 9.59 Å². The average Bonchev–Trinajstić information content (AvgIpc) is 2.65. The molecule has 0 bridgehead atoms. The van der Waals surface area contributed by atoms with Crippen LogP contribution >= 0.6 is 11.6 Å². The van der Waals surface area contributed by atoms with Crippen LogP contribution in [0.3, 0.4) is 0 Å². The van der Waals surface area contributed by atoms with Crippen LogP contribution in [0.2, 0.25) is 5.02 Å². The molecule has 154 valence electrons. The fourth-order valence-corrected chi connectivity index (χ4v) is 2.64. The van der Waals surface area contributed by atoms with E-state index in [0.717, 1.165) is 0 Å². The molecule has 0 aliphatic heterocycles. The number of para-hydroxylation sites is 1. The first-order chi connectivity index (χ1) is 13.5. The second kappa shape index (κ2) is 9.09. The Morgan fingerprint density at radius 3 is 2.10 bits per heavy atom. The predicted molar refractivity (Wildman–Crippen MR) is 103 cm³/mol. The molecule has 2 aromatic rings. The average molecular weight is 427 g/mol. The summed E-state index contributed by atoms with van der Waals surface area (Å²) in [5.41, 5.74) is 0.582. The first kappa shape index (κ1) is 22.4. The Balaban J connectivity index is 2.26. The number of halogens is 4. The van der Waals surface area contributed by atoms with Gasteiger partial charge >= 0.3 is 12.1 Å². The predicted octanol–water partition coefficient (Wildman–Crippen LogP) is 4.21. The Hall–Kier alpha value is -2.87. The summed E-state index contributed by atoms with van der Waals surface area (Å²) in [5.74, 6) is -4.11. The van der Waals surface area contributed by atoms with Gasteiger partial charge in [0.1, 0.15) is 6.04 Å². The third-order valence-electron chi connectivity index (χ3n) is 4.03. The van der Waals surface area contributed by atoms with E-state index in [1.54, 1.807) is 17.4 Å². The number of hydrogen-bond donors (Lipinski definition) is 2. The van der Waals surface area contributed by atoms with Crippen molar-refractivity contribution in [1.82, 2.24) is 5.32 Å². The minimum Gasteiger partial charge on any atom is -0.336 e. The van der Waals surface area contributed by atoms with E-state index < -0.39 is 35.7 Å². The van der Waals surface area contributed by atoms with Gasteiger partial charge < -0.3 is 10.6 Å². The van der Waals surface area contributed by atoms with Crippen molar-refractivity contribution >= 4 is 34.9 Å². The number of anilines is 1. The summed E-state index contributed by atoms with van der Waals surface area (Å²) < 4.78 is 37.7. The number of nitrogens with one attached hydrogen (secondary N) is 2. The Morgan fingerprint density at radius 2 is 1.55 bits per heavy atom. The molecule has 0 saturated heterocycles. The van der Waals surface area contributed by atoms with Crippen LogP contribution in [0.15, 0.2) is 48.5 Å². The first-order valence-electron chi connectivity index (χ1n) is 8.58. The van der Waals surface area contributed by atoms with Crippen LogP contribution in [0, 0.1) is 5.92 Å². The van der Waals surface area contributed by atoms with Crippen LogP contribution in [0.4, 0.5) is 18.9 Å². The molecular weight excluding hydrogens is 409 g/mol. The summed E-state index contributed by atoms with van der Waals surface area (Å²) in [6, 6.07) is 10.7. The molecule has 5 nitrogen and oxygen atoms in total. The smallest absolute Gasteiger partial charge is 0.336 e. The molecule has 0 fully saturated rings. The maximum Gasteiger partial charge on any atom is 0.471 e. The largest absolute Gasteiger partial charge is 0.471 e. The maximum absolute atomic E-state index is 12.8. The van der Waals surface area contributed by atoms with E-state index >= 15 is 0 Å². The van der Waals surface area contributed by atoms with E-state index in [1.807, 2.05) is 0 Å². The maximum atomic E-state index is 12.8. The van der Waals surface area contributed by atoms with Gasteiger partial charge in [0.25, 0.3) is 0 Å². The van der Waals surface area contributed by atoms with Gasteiger partial charge in [-0.3, -0.25) is 14.4 Å². The zero-order chi connectivity index (χ0) is 21.8. The zero-order valence-corrected chi connectivity index (χ0v) is 16.3. The number of amides is 2. The van der Waals surface area contributed by atoms with E-state index in [-0.39, 0.29) is 11.3 Å². The lowest BCUT2D eigenvalue weighted by Gasteiger charge is -2.23. The summed E-state index contributed by atoms with van der Waals surface area (Å²) in [5, 5.41) is 4.58. The van der Waals surface area contributed by atoms with Crippen LogP contribution in [-0.4, -0.2) is 29.8 Å². The number of benzene rings is 2. The standard InChI is InChI=1S/C20H18ClF3N2O3/c1-11(2)16(26-19(29)20(22,23)24)18(28)25-15-6-4-3-5-14(15)17(27)12-7-9-13(21)10-8-12/h3-11,16H,1-2H3,(H,25,28)(H,26,29). The monoisotopic (exact) mass is 426 g/mol.